The quantitative estimate of drug-likeness (QED) is 0.716. The number of β-amino-alcohol motifs (C(OH)–C–C–N with tert-alkyl or cyclic N) is 1. The number of aliphatic hydroxyl groups is 1. The minimum atomic E-state index is -0.719. The number of hydrogen-bond donors (Lipinski definition) is 2. The Hall–Kier alpha value is -1.56. The van der Waals surface area contributed by atoms with Gasteiger partial charge in [-0.3, -0.25) is 9.48 Å². The number of amides is 1. The Bertz CT molecular complexity index is 401. The van der Waals surface area contributed by atoms with Gasteiger partial charge in [0.2, 0.25) is 0 Å². The van der Waals surface area contributed by atoms with Gasteiger partial charge in [0.1, 0.15) is 5.69 Å². The van der Waals surface area contributed by atoms with E-state index in [2.05, 4.69) is 5.10 Å². The van der Waals surface area contributed by atoms with Crippen molar-refractivity contribution < 1.29 is 9.90 Å². The highest BCUT2D eigenvalue weighted by molar-refractivity contribution is 5.97. The molecule has 0 aliphatic carbocycles. The van der Waals surface area contributed by atoms with Crippen molar-refractivity contribution >= 4 is 11.6 Å². The number of nitrogens with two attached hydrogens (primary N) is 1. The molecule has 0 aromatic carbocycles. The first-order valence-electron chi connectivity index (χ1n) is 5.26. The van der Waals surface area contributed by atoms with Crippen LogP contribution in [0.1, 0.15) is 23.8 Å². The molecule has 0 saturated carbocycles. The Labute approximate surface area is 93.6 Å². The molecule has 1 aliphatic rings. The fourth-order valence-corrected chi connectivity index (χ4v) is 1.90. The molecule has 0 unspecified atom stereocenters. The zero-order chi connectivity index (χ0) is 11.9. The summed E-state index contributed by atoms with van der Waals surface area (Å²) in [5, 5.41) is 13.7. The molecule has 6 heteroatoms. The van der Waals surface area contributed by atoms with Crippen molar-refractivity contribution in [3.8, 4) is 0 Å². The van der Waals surface area contributed by atoms with Gasteiger partial charge in [-0.25, -0.2) is 0 Å². The Morgan fingerprint density at radius 2 is 2.31 bits per heavy atom. The van der Waals surface area contributed by atoms with E-state index in [0.29, 0.717) is 30.9 Å². The monoisotopic (exact) mass is 224 g/mol. The molecule has 1 amide bonds. The third kappa shape index (κ3) is 1.55. The van der Waals surface area contributed by atoms with E-state index in [1.54, 1.807) is 11.9 Å². The summed E-state index contributed by atoms with van der Waals surface area (Å²) in [6.07, 6.45) is 2.11. The second-order valence-corrected chi connectivity index (χ2v) is 4.31. The van der Waals surface area contributed by atoms with E-state index in [9.17, 15) is 9.90 Å². The van der Waals surface area contributed by atoms with Gasteiger partial charge in [-0.05, 0) is 6.42 Å². The second kappa shape index (κ2) is 3.48. The molecule has 2 rings (SSSR count). The maximum absolute atomic E-state index is 12.0. The smallest absolute Gasteiger partial charge is 0.274 e. The van der Waals surface area contributed by atoms with Crippen LogP contribution in [0, 0.1) is 0 Å². The van der Waals surface area contributed by atoms with Gasteiger partial charge in [0.15, 0.2) is 0 Å². The number of carbonyl (C=O) groups excluding carboxylic acids is 1. The zero-order valence-electron chi connectivity index (χ0n) is 9.47. The maximum Gasteiger partial charge on any atom is 0.274 e. The van der Waals surface area contributed by atoms with Crippen LogP contribution in [-0.4, -0.2) is 44.4 Å². The number of likely N-dealkylation sites (tertiary alicyclic amines) is 1. The minimum Gasteiger partial charge on any atom is -0.396 e. The third-order valence-corrected chi connectivity index (χ3v) is 3.09. The molecule has 1 aromatic heterocycles. The Balaban J connectivity index is 2.12. The number of nitrogens with zero attached hydrogens (tertiary/aromatic N) is 3. The first kappa shape index (κ1) is 10.9. The lowest BCUT2D eigenvalue weighted by molar-refractivity contribution is -0.0829. The molecule has 0 radical (unpaired) electrons. The van der Waals surface area contributed by atoms with Gasteiger partial charge in [0.05, 0.1) is 30.6 Å². The van der Waals surface area contributed by atoms with E-state index in [4.69, 9.17) is 5.73 Å². The summed E-state index contributed by atoms with van der Waals surface area (Å²) in [5.41, 5.74) is 5.71. The predicted octanol–water partition coefficient (Wildman–Crippen LogP) is -0.401. The van der Waals surface area contributed by atoms with E-state index >= 15 is 0 Å². The summed E-state index contributed by atoms with van der Waals surface area (Å²) in [6.45, 7) is 2.64. The highest BCUT2D eigenvalue weighted by atomic mass is 16.3. The zero-order valence-corrected chi connectivity index (χ0v) is 9.47. The summed E-state index contributed by atoms with van der Waals surface area (Å²) in [6, 6.07) is 0. The summed E-state index contributed by atoms with van der Waals surface area (Å²) >= 11 is 0. The van der Waals surface area contributed by atoms with Crippen LogP contribution in [0.2, 0.25) is 0 Å². The lowest BCUT2D eigenvalue weighted by Crippen LogP contribution is -2.63. The molecular weight excluding hydrogens is 208 g/mol. The number of nitrogen functional groups attached to an aromatic ring is 1. The number of rotatable bonds is 2. The first-order chi connectivity index (χ1) is 7.47. The molecule has 6 nitrogen and oxygen atoms in total. The van der Waals surface area contributed by atoms with Gasteiger partial charge >= 0.3 is 0 Å². The Morgan fingerprint density at radius 1 is 1.69 bits per heavy atom. The number of aryl methyl sites for hydroxylation is 1. The number of aromatic nitrogens is 2. The first-order valence-corrected chi connectivity index (χ1v) is 5.26. The van der Waals surface area contributed by atoms with Gasteiger partial charge < -0.3 is 15.7 Å². The van der Waals surface area contributed by atoms with Crippen molar-refractivity contribution in [3.63, 3.8) is 0 Å². The molecule has 1 fully saturated rings. The van der Waals surface area contributed by atoms with E-state index < -0.39 is 5.60 Å². The van der Waals surface area contributed by atoms with Crippen molar-refractivity contribution in [2.24, 2.45) is 7.05 Å². The molecule has 88 valence electrons. The molecule has 16 heavy (non-hydrogen) atoms. The lowest BCUT2D eigenvalue weighted by Gasteiger charge is -2.46. The second-order valence-electron chi connectivity index (χ2n) is 4.31. The average Bonchev–Trinajstić information content (AvgIpc) is 2.53. The van der Waals surface area contributed by atoms with Crippen molar-refractivity contribution in [2.75, 3.05) is 18.8 Å². The highest BCUT2D eigenvalue weighted by Gasteiger charge is 2.43. The van der Waals surface area contributed by atoms with Crippen LogP contribution in [-0.2, 0) is 7.05 Å². The standard InChI is InChI=1S/C10H16N4O2/c1-3-10(16)5-14(6-10)9(15)8-7(11)4-12-13(8)2/h4,16H,3,5-6,11H2,1-2H3. The number of carbonyl (C=O) groups is 1. The van der Waals surface area contributed by atoms with Gasteiger partial charge in [-0.2, -0.15) is 5.10 Å². The third-order valence-electron chi connectivity index (χ3n) is 3.09. The van der Waals surface area contributed by atoms with Crippen LogP contribution in [0.3, 0.4) is 0 Å². The molecule has 1 saturated heterocycles. The van der Waals surface area contributed by atoms with E-state index in [0.717, 1.165) is 0 Å². The van der Waals surface area contributed by atoms with Gasteiger partial charge in [-0.15, -0.1) is 0 Å². The van der Waals surface area contributed by atoms with Crippen LogP contribution < -0.4 is 5.73 Å². The van der Waals surface area contributed by atoms with E-state index in [-0.39, 0.29) is 5.91 Å². The summed E-state index contributed by atoms with van der Waals surface area (Å²) in [7, 11) is 1.68. The molecule has 0 bridgehead atoms. The highest BCUT2D eigenvalue weighted by Crippen LogP contribution is 2.26. The van der Waals surface area contributed by atoms with Crippen LogP contribution >= 0.6 is 0 Å². The molecule has 1 aliphatic heterocycles. The molecule has 2 heterocycles. The van der Waals surface area contributed by atoms with Crippen LogP contribution in [0.25, 0.3) is 0 Å². The molecule has 0 spiro atoms. The van der Waals surface area contributed by atoms with E-state index in [1.165, 1.54) is 10.9 Å². The van der Waals surface area contributed by atoms with Crippen molar-refractivity contribution in [2.45, 2.75) is 18.9 Å². The van der Waals surface area contributed by atoms with Crippen LogP contribution in [0.5, 0.6) is 0 Å². The number of anilines is 1. The fraction of sp³-hybridized carbons (Fsp3) is 0.600. The minimum absolute atomic E-state index is 0.171. The topological polar surface area (TPSA) is 84.4 Å². The lowest BCUT2D eigenvalue weighted by atomic mass is 9.91. The summed E-state index contributed by atoms with van der Waals surface area (Å²) in [4.78, 5) is 13.6. The summed E-state index contributed by atoms with van der Waals surface area (Å²) < 4.78 is 1.46. The largest absolute Gasteiger partial charge is 0.396 e. The van der Waals surface area contributed by atoms with Crippen molar-refractivity contribution in [1.82, 2.24) is 14.7 Å². The van der Waals surface area contributed by atoms with Crippen LogP contribution in [0.4, 0.5) is 5.69 Å². The summed E-state index contributed by atoms with van der Waals surface area (Å²) in [5.74, 6) is -0.171. The van der Waals surface area contributed by atoms with Crippen LogP contribution in [0.15, 0.2) is 6.20 Å². The van der Waals surface area contributed by atoms with Gasteiger partial charge in [-0.1, -0.05) is 6.92 Å². The normalized spacial score (nSPS) is 18.3. The molecule has 1 aromatic rings. The molecular formula is C10H16N4O2. The van der Waals surface area contributed by atoms with Gasteiger partial charge in [0, 0.05) is 7.05 Å². The van der Waals surface area contributed by atoms with E-state index in [1.807, 2.05) is 6.92 Å². The molecule has 3 N–H and O–H groups in total. The Kier molecular flexibility index (Phi) is 2.38. The Morgan fingerprint density at radius 3 is 2.75 bits per heavy atom. The fourth-order valence-electron chi connectivity index (χ4n) is 1.90. The maximum atomic E-state index is 12.0. The molecule has 0 atom stereocenters. The van der Waals surface area contributed by atoms with Crippen molar-refractivity contribution in [3.05, 3.63) is 11.9 Å². The van der Waals surface area contributed by atoms with Gasteiger partial charge in [0.25, 0.3) is 5.91 Å². The van der Waals surface area contributed by atoms with Crippen molar-refractivity contribution in [1.29, 1.82) is 0 Å². The SMILES string of the molecule is CCC1(O)CN(C(=O)c2c(N)cnn2C)C1. The number of hydrogen-bond acceptors (Lipinski definition) is 4. The average molecular weight is 224 g/mol. The predicted molar refractivity (Wildman–Crippen MR) is 58.8 cm³/mol.